The number of para-hydroxylation sites is 2. The van der Waals surface area contributed by atoms with Crippen LogP contribution in [-0.2, 0) is 9.59 Å². The van der Waals surface area contributed by atoms with Crippen molar-refractivity contribution in [2.75, 3.05) is 23.4 Å². The van der Waals surface area contributed by atoms with Crippen molar-refractivity contribution in [3.05, 3.63) is 54.1 Å². The second-order valence-electron chi connectivity index (χ2n) is 7.07. The lowest BCUT2D eigenvalue weighted by Crippen LogP contribution is -2.28. The summed E-state index contributed by atoms with van der Waals surface area (Å²) in [4.78, 5) is 26.8. The van der Waals surface area contributed by atoms with Crippen molar-refractivity contribution < 1.29 is 14.3 Å². The third-order valence-electron chi connectivity index (χ3n) is 4.81. The van der Waals surface area contributed by atoms with Crippen molar-refractivity contribution in [2.45, 2.75) is 33.1 Å². The lowest BCUT2D eigenvalue weighted by Gasteiger charge is -2.18. The molecule has 0 saturated carbocycles. The number of carbonyl (C=O) groups excluding carboxylic acids is 2. The highest BCUT2D eigenvalue weighted by atomic mass is 16.5. The third-order valence-corrected chi connectivity index (χ3v) is 4.81. The number of nitrogens with one attached hydrogen (secondary N) is 1. The molecule has 1 heterocycles. The SMILES string of the molecule is CCOc1ccccc1NC(=O)[C@@H]1CC(=O)N(c2ccc(C(C)C)cc2)C1. The maximum Gasteiger partial charge on any atom is 0.229 e. The van der Waals surface area contributed by atoms with Gasteiger partial charge in [0.05, 0.1) is 18.2 Å². The molecule has 0 radical (unpaired) electrons. The van der Waals surface area contributed by atoms with Gasteiger partial charge < -0.3 is 15.0 Å². The number of hydrogen-bond acceptors (Lipinski definition) is 3. The molecule has 3 rings (SSSR count). The van der Waals surface area contributed by atoms with Crippen LogP contribution in [0.25, 0.3) is 0 Å². The lowest BCUT2D eigenvalue weighted by molar-refractivity contribution is -0.122. The summed E-state index contributed by atoms with van der Waals surface area (Å²) in [6.07, 6.45) is 0.217. The van der Waals surface area contributed by atoms with Gasteiger partial charge in [-0.2, -0.15) is 0 Å². The number of carbonyl (C=O) groups is 2. The summed E-state index contributed by atoms with van der Waals surface area (Å²) in [5.74, 6) is 0.523. The molecule has 1 saturated heterocycles. The van der Waals surface area contributed by atoms with Gasteiger partial charge in [0.15, 0.2) is 0 Å². The number of hydrogen-bond donors (Lipinski definition) is 1. The predicted molar refractivity (Wildman–Crippen MR) is 107 cm³/mol. The molecule has 1 N–H and O–H groups in total. The molecule has 27 heavy (non-hydrogen) atoms. The van der Waals surface area contributed by atoms with Crippen LogP contribution in [-0.4, -0.2) is 25.0 Å². The lowest BCUT2D eigenvalue weighted by atomic mass is 10.0. The van der Waals surface area contributed by atoms with Gasteiger partial charge in [0.1, 0.15) is 5.75 Å². The van der Waals surface area contributed by atoms with E-state index in [1.807, 2.05) is 55.5 Å². The van der Waals surface area contributed by atoms with Crippen LogP contribution >= 0.6 is 0 Å². The monoisotopic (exact) mass is 366 g/mol. The molecular formula is C22H26N2O3. The first kappa shape index (κ1) is 19.0. The molecule has 2 amide bonds. The summed E-state index contributed by atoms with van der Waals surface area (Å²) in [7, 11) is 0. The van der Waals surface area contributed by atoms with E-state index >= 15 is 0 Å². The third kappa shape index (κ3) is 4.30. The Bertz CT molecular complexity index is 815. The average molecular weight is 366 g/mol. The van der Waals surface area contributed by atoms with E-state index < -0.39 is 0 Å². The minimum absolute atomic E-state index is 0.0226. The van der Waals surface area contributed by atoms with Crippen molar-refractivity contribution in [2.24, 2.45) is 5.92 Å². The van der Waals surface area contributed by atoms with Crippen molar-refractivity contribution in [3.63, 3.8) is 0 Å². The fraction of sp³-hybridized carbons (Fsp3) is 0.364. The quantitative estimate of drug-likeness (QED) is 0.833. The first-order chi connectivity index (χ1) is 13.0. The number of ether oxygens (including phenoxy) is 1. The summed E-state index contributed by atoms with van der Waals surface area (Å²) in [6, 6.07) is 15.3. The topological polar surface area (TPSA) is 58.6 Å². The molecule has 142 valence electrons. The highest BCUT2D eigenvalue weighted by Gasteiger charge is 2.35. The van der Waals surface area contributed by atoms with Gasteiger partial charge in [-0.05, 0) is 42.7 Å². The molecular weight excluding hydrogens is 340 g/mol. The molecule has 0 spiro atoms. The zero-order valence-corrected chi connectivity index (χ0v) is 16.1. The molecule has 0 unspecified atom stereocenters. The highest BCUT2D eigenvalue weighted by Crippen LogP contribution is 2.29. The number of nitrogens with zero attached hydrogens (tertiary/aromatic N) is 1. The van der Waals surface area contributed by atoms with Crippen molar-refractivity contribution in [1.29, 1.82) is 0 Å². The maximum atomic E-state index is 12.7. The van der Waals surface area contributed by atoms with Crippen LogP contribution in [0, 0.1) is 5.92 Å². The van der Waals surface area contributed by atoms with E-state index in [-0.39, 0.29) is 24.2 Å². The molecule has 1 aliphatic heterocycles. The maximum absolute atomic E-state index is 12.7. The molecule has 1 fully saturated rings. The number of anilines is 2. The van der Waals surface area contributed by atoms with Gasteiger partial charge in [0, 0.05) is 18.7 Å². The van der Waals surface area contributed by atoms with Crippen LogP contribution in [0.3, 0.4) is 0 Å². The smallest absolute Gasteiger partial charge is 0.229 e. The van der Waals surface area contributed by atoms with E-state index in [1.54, 1.807) is 4.90 Å². The Kier molecular flexibility index (Phi) is 5.79. The molecule has 2 aromatic carbocycles. The zero-order valence-electron chi connectivity index (χ0n) is 16.1. The van der Waals surface area contributed by atoms with Gasteiger partial charge in [-0.3, -0.25) is 9.59 Å². The molecule has 2 aromatic rings. The Morgan fingerprint density at radius 1 is 1.19 bits per heavy atom. The first-order valence-electron chi connectivity index (χ1n) is 9.42. The molecule has 0 aromatic heterocycles. The van der Waals surface area contributed by atoms with Crippen molar-refractivity contribution >= 4 is 23.2 Å². The van der Waals surface area contributed by atoms with Crippen LogP contribution in [0.2, 0.25) is 0 Å². The molecule has 5 heteroatoms. The summed E-state index contributed by atoms with van der Waals surface area (Å²) in [5.41, 5.74) is 2.71. The van der Waals surface area contributed by atoms with E-state index in [1.165, 1.54) is 5.56 Å². The van der Waals surface area contributed by atoms with E-state index in [4.69, 9.17) is 4.74 Å². The number of rotatable bonds is 6. The van der Waals surface area contributed by atoms with Crippen LogP contribution in [0.1, 0.15) is 38.7 Å². The van der Waals surface area contributed by atoms with Crippen molar-refractivity contribution in [3.8, 4) is 5.75 Å². The Morgan fingerprint density at radius 2 is 1.89 bits per heavy atom. The van der Waals surface area contributed by atoms with Gasteiger partial charge in [0.2, 0.25) is 11.8 Å². The fourth-order valence-electron chi connectivity index (χ4n) is 3.26. The summed E-state index contributed by atoms with van der Waals surface area (Å²) < 4.78 is 5.55. The average Bonchev–Trinajstić information content (AvgIpc) is 3.05. The van der Waals surface area contributed by atoms with Gasteiger partial charge >= 0.3 is 0 Å². The second-order valence-corrected chi connectivity index (χ2v) is 7.07. The van der Waals surface area contributed by atoms with Crippen LogP contribution in [0.15, 0.2) is 48.5 Å². The predicted octanol–water partition coefficient (Wildman–Crippen LogP) is 4.20. The van der Waals surface area contributed by atoms with E-state index in [0.717, 1.165) is 5.69 Å². The standard InChI is InChI=1S/C22H26N2O3/c1-4-27-20-8-6-5-7-19(20)23-22(26)17-13-21(25)24(14-17)18-11-9-16(10-12-18)15(2)3/h5-12,15,17H,4,13-14H2,1-3H3,(H,23,26)/t17-/m1/s1. The van der Waals surface area contributed by atoms with Crippen LogP contribution in [0.5, 0.6) is 5.75 Å². The Hall–Kier alpha value is -2.82. The highest BCUT2D eigenvalue weighted by molar-refractivity contribution is 6.03. The van der Waals surface area contributed by atoms with Crippen LogP contribution in [0.4, 0.5) is 11.4 Å². The first-order valence-corrected chi connectivity index (χ1v) is 9.42. The summed E-state index contributed by atoms with van der Waals surface area (Å²) in [5, 5.41) is 2.91. The van der Waals surface area contributed by atoms with E-state index in [0.29, 0.717) is 30.5 Å². The van der Waals surface area contributed by atoms with E-state index in [2.05, 4.69) is 19.2 Å². The normalized spacial score (nSPS) is 16.7. The molecule has 0 bridgehead atoms. The van der Waals surface area contributed by atoms with Gasteiger partial charge in [0.25, 0.3) is 0 Å². The Labute approximate surface area is 160 Å². The fourth-order valence-corrected chi connectivity index (χ4v) is 3.26. The van der Waals surface area contributed by atoms with Crippen molar-refractivity contribution in [1.82, 2.24) is 0 Å². The van der Waals surface area contributed by atoms with Crippen LogP contribution < -0.4 is 15.0 Å². The van der Waals surface area contributed by atoms with Gasteiger partial charge in [-0.1, -0.05) is 38.1 Å². The molecule has 1 aliphatic rings. The minimum atomic E-state index is -0.378. The molecule has 1 atom stereocenters. The molecule has 0 aliphatic carbocycles. The van der Waals surface area contributed by atoms with E-state index in [9.17, 15) is 9.59 Å². The van der Waals surface area contributed by atoms with Gasteiger partial charge in [-0.25, -0.2) is 0 Å². The van der Waals surface area contributed by atoms with Gasteiger partial charge in [-0.15, -0.1) is 0 Å². The number of amides is 2. The summed E-state index contributed by atoms with van der Waals surface area (Å²) in [6.45, 7) is 7.08. The second kappa shape index (κ2) is 8.25. The largest absolute Gasteiger partial charge is 0.492 e. The Morgan fingerprint density at radius 3 is 2.56 bits per heavy atom. The zero-order chi connectivity index (χ0) is 19.4. The summed E-state index contributed by atoms with van der Waals surface area (Å²) >= 11 is 0. The number of benzene rings is 2. The molecule has 5 nitrogen and oxygen atoms in total. The Balaban J connectivity index is 1.69. The minimum Gasteiger partial charge on any atom is -0.492 e.